The van der Waals surface area contributed by atoms with E-state index in [-0.39, 0.29) is 0 Å². The number of hydrogen-bond acceptors (Lipinski definition) is 3. The first-order chi connectivity index (χ1) is 7.84. The van der Waals surface area contributed by atoms with Gasteiger partial charge in [0.1, 0.15) is 12.2 Å². The fraction of sp³-hybridized carbons (Fsp3) is 0.333. The van der Waals surface area contributed by atoms with Gasteiger partial charge in [0.2, 0.25) is 0 Å². The minimum absolute atomic E-state index is 0.513. The Labute approximate surface area is 94.3 Å². The van der Waals surface area contributed by atoms with Gasteiger partial charge in [-0.1, -0.05) is 18.2 Å². The molecule has 1 aromatic heterocycles. The maximum absolute atomic E-state index is 4.14. The number of nitrogens with zero attached hydrogens (tertiary/aromatic N) is 3. The van der Waals surface area contributed by atoms with Crippen molar-refractivity contribution in [2.75, 3.05) is 11.9 Å². The molecule has 3 rings (SSSR count). The lowest BCUT2D eigenvalue weighted by atomic mass is 9.98. The van der Waals surface area contributed by atoms with Gasteiger partial charge in [0, 0.05) is 31.6 Å². The van der Waals surface area contributed by atoms with Gasteiger partial charge in [0.15, 0.2) is 0 Å². The van der Waals surface area contributed by atoms with Crippen molar-refractivity contribution < 1.29 is 0 Å². The second-order valence-corrected chi connectivity index (χ2v) is 4.23. The quantitative estimate of drug-likeness (QED) is 0.825. The second-order valence-electron chi connectivity index (χ2n) is 4.23. The molecule has 16 heavy (non-hydrogen) atoms. The highest BCUT2D eigenvalue weighted by molar-refractivity contribution is 5.57. The first kappa shape index (κ1) is 9.39. The molecule has 4 heteroatoms. The topological polar surface area (TPSA) is 42.7 Å². The number of rotatable bonds is 2. The number of nitrogens with one attached hydrogen (secondary N) is 1. The molecular formula is C12H14N4. The highest BCUT2D eigenvalue weighted by atomic mass is 15.2. The van der Waals surface area contributed by atoms with Crippen LogP contribution >= 0.6 is 0 Å². The summed E-state index contributed by atoms with van der Waals surface area (Å²) in [6, 6.07) is 8.48. The zero-order valence-corrected chi connectivity index (χ0v) is 9.22. The van der Waals surface area contributed by atoms with Crippen molar-refractivity contribution in [1.29, 1.82) is 0 Å². The fourth-order valence-electron chi connectivity index (χ4n) is 2.25. The van der Waals surface area contributed by atoms with Gasteiger partial charge in [-0.3, -0.25) is 0 Å². The van der Waals surface area contributed by atoms with E-state index in [1.165, 1.54) is 11.3 Å². The SMILES string of the molecule is Cn1cnnc1CC1CNc2ccccc21. The number of hydrogen-bond donors (Lipinski definition) is 1. The minimum atomic E-state index is 0.513. The number of aromatic nitrogens is 3. The standard InChI is InChI=1S/C12H14N4/c1-16-8-14-15-12(16)6-9-7-13-11-5-3-2-4-10(9)11/h2-5,8-9,13H,6-7H2,1H3. The maximum atomic E-state index is 4.14. The number of benzene rings is 1. The van der Waals surface area contributed by atoms with E-state index in [1.807, 2.05) is 11.6 Å². The maximum Gasteiger partial charge on any atom is 0.133 e. The lowest BCUT2D eigenvalue weighted by molar-refractivity contribution is 0.677. The number of para-hydroxylation sites is 1. The van der Waals surface area contributed by atoms with Crippen molar-refractivity contribution in [3.63, 3.8) is 0 Å². The van der Waals surface area contributed by atoms with Gasteiger partial charge in [-0.15, -0.1) is 10.2 Å². The minimum Gasteiger partial charge on any atom is -0.384 e. The zero-order chi connectivity index (χ0) is 11.0. The summed E-state index contributed by atoms with van der Waals surface area (Å²) < 4.78 is 1.99. The summed E-state index contributed by atoms with van der Waals surface area (Å²) in [7, 11) is 1.99. The van der Waals surface area contributed by atoms with Crippen LogP contribution in [0.4, 0.5) is 5.69 Å². The predicted octanol–water partition coefficient (Wildman–Crippen LogP) is 1.57. The Morgan fingerprint density at radius 3 is 3.12 bits per heavy atom. The molecule has 4 nitrogen and oxygen atoms in total. The normalized spacial score (nSPS) is 18.2. The molecule has 1 aliphatic heterocycles. The van der Waals surface area contributed by atoms with Crippen molar-refractivity contribution in [2.24, 2.45) is 7.05 Å². The van der Waals surface area contributed by atoms with Crippen molar-refractivity contribution in [2.45, 2.75) is 12.3 Å². The number of anilines is 1. The van der Waals surface area contributed by atoms with Gasteiger partial charge in [0.05, 0.1) is 0 Å². The third-order valence-electron chi connectivity index (χ3n) is 3.17. The Kier molecular flexibility index (Phi) is 2.13. The molecule has 0 saturated heterocycles. The average Bonchev–Trinajstić information content (AvgIpc) is 2.88. The molecule has 2 aromatic rings. The number of aryl methyl sites for hydroxylation is 1. The molecule has 0 amide bonds. The summed E-state index contributed by atoms with van der Waals surface area (Å²) in [6.07, 6.45) is 2.70. The van der Waals surface area contributed by atoms with Crippen molar-refractivity contribution >= 4 is 5.69 Å². The van der Waals surface area contributed by atoms with Crippen LogP contribution in [0.5, 0.6) is 0 Å². The molecule has 82 valence electrons. The Hall–Kier alpha value is -1.84. The van der Waals surface area contributed by atoms with E-state index in [1.54, 1.807) is 6.33 Å². The molecule has 0 saturated carbocycles. The summed E-state index contributed by atoms with van der Waals surface area (Å²) in [4.78, 5) is 0. The predicted molar refractivity (Wildman–Crippen MR) is 62.4 cm³/mol. The van der Waals surface area contributed by atoms with Crippen LogP contribution in [0.2, 0.25) is 0 Å². The molecule has 1 atom stereocenters. The molecule has 0 aliphatic carbocycles. The van der Waals surface area contributed by atoms with Gasteiger partial charge in [-0.05, 0) is 11.6 Å². The lowest BCUT2D eigenvalue weighted by Gasteiger charge is -2.08. The van der Waals surface area contributed by atoms with E-state index >= 15 is 0 Å². The molecule has 1 unspecified atom stereocenters. The summed E-state index contributed by atoms with van der Waals surface area (Å²) in [6.45, 7) is 0.992. The van der Waals surface area contributed by atoms with Gasteiger partial charge >= 0.3 is 0 Å². The number of fused-ring (bicyclic) bond motifs is 1. The van der Waals surface area contributed by atoms with Crippen molar-refractivity contribution in [3.8, 4) is 0 Å². The Morgan fingerprint density at radius 1 is 1.44 bits per heavy atom. The molecule has 0 fully saturated rings. The smallest absolute Gasteiger partial charge is 0.133 e. The lowest BCUT2D eigenvalue weighted by Crippen LogP contribution is -2.09. The van der Waals surface area contributed by atoms with Crippen LogP contribution in [-0.4, -0.2) is 21.3 Å². The van der Waals surface area contributed by atoms with E-state index in [0.717, 1.165) is 18.8 Å². The summed E-state index contributed by atoms with van der Waals surface area (Å²) in [5.41, 5.74) is 2.65. The van der Waals surface area contributed by atoms with Gasteiger partial charge < -0.3 is 9.88 Å². The summed E-state index contributed by atoms with van der Waals surface area (Å²) in [5.74, 6) is 1.56. The van der Waals surface area contributed by atoms with E-state index in [2.05, 4.69) is 39.8 Å². The van der Waals surface area contributed by atoms with Crippen molar-refractivity contribution in [3.05, 3.63) is 42.0 Å². The van der Waals surface area contributed by atoms with Gasteiger partial charge in [0.25, 0.3) is 0 Å². The van der Waals surface area contributed by atoms with Crippen LogP contribution in [0.15, 0.2) is 30.6 Å². The highest BCUT2D eigenvalue weighted by Gasteiger charge is 2.23. The molecule has 0 bridgehead atoms. The zero-order valence-electron chi connectivity index (χ0n) is 9.22. The molecular weight excluding hydrogens is 200 g/mol. The highest BCUT2D eigenvalue weighted by Crippen LogP contribution is 2.32. The second kappa shape index (κ2) is 3.63. The molecule has 1 aromatic carbocycles. The monoisotopic (exact) mass is 214 g/mol. The van der Waals surface area contributed by atoms with Crippen LogP contribution in [0, 0.1) is 0 Å². The van der Waals surface area contributed by atoms with E-state index in [4.69, 9.17) is 0 Å². The van der Waals surface area contributed by atoms with Crippen LogP contribution in [-0.2, 0) is 13.5 Å². The van der Waals surface area contributed by atoms with Crippen molar-refractivity contribution in [1.82, 2.24) is 14.8 Å². The van der Waals surface area contributed by atoms with Crippen LogP contribution in [0.3, 0.4) is 0 Å². The van der Waals surface area contributed by atoms with Gasteiger partial charge in [-0.2, -0.15) is 0 Å². The third kappa shape index (κ3) is 1.46. The fourth-order valence-corrected chi connectivity index (χ4v) is 2.25. The molecule has 2 heterocycles. The van der Waals surface area contributed by atoms with E-state index < -0.39 is 0 Å². The Bertz CT molecular complexity index is 503. The molecule has 0 radical (unpaired) electrons. The first-order valence-corrected chi connectivity index (χ1v) is 5.50. The third-order valence-corrected chi connectivity index (χ3v) is 3.17. The summed E-state index contributed by atoms with van der Waals surface area (Å²) >= 11 is 0. The first-order valence-electron chi connectivity index (χ1n) is 5.50. The largest absolute Gasteiger partial charge is 0.384 e. The van der Waals surface area contributed by atoms with E-state index in [9.17, 15) is 0 Å². The molecule has 1 N–H and O–H groups in total. The Balaban J connectivity index is 1.86. The van der Waals surface area contributed by atoms with Gasteiger partial charge in [-0.25, -0.2) is 0 Å². The van der Waals surface area contributed by atoms with Crippen LogP contribution < -0.4 is 5.32 Å². The molecule has 0 spiro atoms. The average molecular weight is 214 g/mol. The molecule has 1 aliphatic rings. The van der Waals surface area contributed by atoms with Crippen LogP contribution in [0.1, 0.15) is 17.3 Å². The van der Waals surface area contributed by atoms with E-state index in [0.29, 0.717) is 5.92 Å². The Morgan fingerprint density at radius 2 is 2.31 bits per heavy atom. The van der Waals surface area contributed by atoms with Crippen LogP contribution in [0.25, 0.3) is 0 Å². The summed E-state index contributed by atoms with van der Waals surface area (Å²) in [5, 5.41) is 11.5.